The summed E-state index contributed by atoms with van der Waals surface area (Å²) in [6, 6.07) is 0. The van der Waals surface area contributed by atoms with Gasteiger partial charge in [0.1, 0.15) is 10.6 Å². The molecule has 2 aliphatic heterocycles. The fraction of sp³-hybridized carbons (Fsp3) is 0.583. The molecule has 2 heterocycles. The van der Waals surface area contributed by atoms with Gasteiger partial charge in [0.25, 0.3) is 0 Å². The third-order valence-electron chi connectivity index (χ3n) is 3.29. The van der Waals surface area contributed by atoms with Crippen LogP contribution in [0.2, 0.25) is 0 Å². The number of carbonyl (C=O) groups is 3. The van der Waals surface area contributed by atoms with Crippen LogP contribution in [0.25, 0.3) is 0 Å². The number of thioether (sulfide) groups is 2. The molecule has 0 saturated carbocycles. The molecule has 1 amide bonds. The molecule has 7 nitrogen and oxygen atoms in total. The minimum atomic E-state index is -1.22. The van der Waals surface area contributed by atoms with Gasteiger partial charge in [0.2, 0.25) is 5.91 Å². The van der Waals surface area contributed by atoms with Gasteiger partial charge in [0.05, 0.1) is 23.4 Å². The second kappa shape index (κ2) is 5.90. The third-order valence-corrected chi connectivity index (χ3v) is 5.97. The van der Waals surface area contributed by atoms with E-state index in [1.165, 1.54) is 30.7 Å². The Kier molecular flexibility index (Phi) is 4.54. The molecule has 0 aromatic heterocycles. The van der Waals surface area contributed by atoms with E-state index in [0.29, 0.717) is 4.24 Å². The van der Waals surface area contributed by atoms with Crippen LogP contribution in [-0.4, -0.2) is 56.8 Å². The van der Waals surface area contributed by atoms with Crippen LogP contribution in [0, 0.1) is 5.92 Å². The first-order valence-electron chi connectivity index (χ1n) is 6.19. The minimum absolute atomic E-state index is 0.118. The van der Waals surface area contributed by atoms with Crippen LogP contribution in [0.1, 0.15) is 13.8 Å². The van der Waals surface area contributed by atoms with E-state index in [0.717, 1.165) is 11.8 Å². The van der Waals surface area contributed by atoms with E-state index in [2.05, 4.69) is 4.74 Å². The monoisotopic (exact) mass is 333 g/mol. The number of esters is 1. The Morgan fingerprint density at radius 3 is 2.52 bits per heavy atom. The smallest absolute Gasteiger partial charge is 0.354 e. The quantitative estimate of drug-likeness (QED) is 0.552. The number of aliphatic hydroxyl groups is 1. The first-order valence-corrected chi connectivity index (χ1v) is 7.95. The Labute approximate surface area is 129 Å². The molecule has 2 rings (SSSR count). The number of amides is 1. The maximum absolute atomic E-state index is 12.0. The number of carboxylic acid groups (broad SMARTS) is 1. The predicted octanol–water partition coefficient (Wildman–Crippen LogP) is 0.447. The summed E-state index contributed by atoms with van der Waals surface area (Å²) in [5, 5.41) is 17.9. The van der Waals surface area contributed by atoms with Gasteiger partial charge < -0.3 is 14.9 Å². The zero-order valence-corrected chi connectivity index (χ0v) is 13.2. The molecule has 2 unspecified atom stereocenters. The number of nitrogens with zero attached hydrogens (tertiary/aromatic N) is 1. The Bertz CT molecular complexity index is 532. The van der Waals surface area contributed by atoms with Gasteiger partial charge in [-0.2, -0.15) is 0 Å². The number of aliphatic hydroxyl groups excluding tert-OH is 1. The zero-order valence-electron chi connectivity index (χ0n) is 11.6. The van der Waals surface area contributed by atoms with Crippen molar-refractivity contribution in [2.75, 3.05) is 7.11 Å². The van der Waals surface area contributed by atoms with Crippen molar-refractivity contribution in [3.8, 4) is 0 Å². The molecule has 9 heteroatoms. The summed E-state index contributed by atoms with van der Waals surface area (Å²) in [6.45, 7) is 3.11. The molecule has 2 N–H and O–H groups in total. The van der Waals surface area contributed by atoms with E-state index in [4.69, 9.17) is 0 Å². The number of β-lactam (4-membered cyclic amide) rings is 1. The Morgan fingerprint density at radius 2 is 2.05 bits per heavy atom. The average molecular weight is 333 g/mol. The third kappa shape index (κ3) is 2.65. The molecule has 116 valence electrons. The van der Waals surface area contributed by atoms with Crippen LogP contribution >= 0.6 is 23.5 Å². The lowest BCUT2D eigenvalue weighted by Crippen LogP contribution is -2.60. The highest BCUT2D eigenvalue weighted by molar-refractivity contribution is 8.23. The van der Waals surface area contributed by atoms with Gasteiger partial charge in [0.15, 0.2) is 5.70 Å². The molecule has 2 aliphatic rings. The Balaban J connectivity index is 2.23. The molecule has 0 aromatic carbocycles. The Morgan fingerprint density at radius 1 is 1.43 bits per heavy atom. The lowest BCUT2D eigenvalue weighted by Gasteiger charge is -2.43. The lowest BCUT2D eigenvalue weighted by atomic mass is 9.92. The van der Waals surface area contributed by atoms with Crippen LogP contribution in [0.3, 0.4) is 0 Å². The molecule has 21 heavy (non-hydrogen) atoms. The van der Waals surface area contributed by atoms with Gasteiger partial charge in [0, 0.05) is 0 Å². The van der Waals surface area contributed by atoms with Crippen molar-refractivity contribution in [2.45, 2.75) is 30.6 Å². The topological polar surface area (TPSA) is 104 Å². The molecular formula is C12H15NO6S2. The van der Waals surface area contributed by atoms with Gasteiger partial charge in [-0.1, -0.05) is 11.8 Å². The number of carboxylic acids is 1. The van der Waals surface area contributed by atoms with Crippen molar-refractivity contribution >= 4 is 41.4 Å². The van der Waals surface area contributed by atoms with Crippen molar-refractivity contribution in [2.24, 2.45) is 5.92 Å². The average Bonchev–Trinajstić information content (AvgIpc) is 2.71. The van der Waals surface area contributed by atoms with Crippen molar-refractivity contribution in [3.63, 3.8) is 0 Å². The van der Waals surface area contributed by atoms with Crippen LogP contribution in [0.5, 0.6) is 0 Å². The largest absolute Gasteiger partial charge is 0.477 e. The summed E-state index contributed by atoms with van der Waals surface area (Å²) < 4.78 is 5.00. The molecule has 0 spiro atoms. The summed E-state index contributed by atoms with van der Waals surface area (Å²) in [6.07, 6.45) is -0.844. The molecule has 4 atom stereocenters. The highest BCUT2D eigenvalue weighted by Crippen LogP contribution is 2.54. The van der Waals surface area contributed by atoms with Gasteiger partial charge >= 0.3 is 11.9 Å². The van der Waals surface area contributed by atoms with E-state index in [9.17, 15) is 24.6 Å². The predicted molar refractivity (Wildman–Crippen MR) is 77.1 cm³/mol. The number of aliphatic carboxylic acids is 1. The maximum Gasteiger partial charge on any atom is 0.354 e. The fourth-order valence-electron chi connectivity index (χ4n) is 2.21. The standard InChI is InChI=1S/C12H15NO6S2/c1-4(14)6-8(15)13-7(10(16)17)12(21-9(6)13)20-5(2)11(18)19-3/h4-6,9,14H,1-3H3,(H,16,17)/t4?,5?,6-,9+/m0/s1. The van der Waals surface area contributed by atoms with Crippen LogP contribution in [0.15, 0.2) is 9.93 Å². The van der Waals surface area contributed by atoms with Gasteiger partial charge in [-0.3, -0.25) is 14.5 Å². The fourth-order valence-corrected chi connectivity index (χ4v) is 5.29. The molecule has 0 aromatic rings. The molecule has 1 fully saturated rings. The van der Waals surface area contributed by atoms with E-state index < -0.39 is 40.5 Å². The number of ether oxygens (including phenoxy) is 1. The van der Waals surface area contributed by atoms with Crippen molar-refractivity contribution < 1.29 is 29.3 Å². The number of rotatable bonds is 5. The minimum Gasteiger partial charge on any atom is -0.477 e. The van der Waals surface area contributed by atoms with E-state index >= 15 is 0 Å². The lowest BCUT2D eigenvalue weighted by molar-refractivity contribution is -0.156. The summed E-state index contributed by atoms with van der Waals surface area (Å²) in [7, 11) is 1.26. The molecule has 0 radical (unpaired) electrons. The zero-order chi connectivity index (χ0) is 15.9. The Hall–Kier alpha value is -1.19. The number of hydrogen-bond acceptors (Lipinski definition) is 7. The normalized spacial score (nSPS) is 27.0. The highest BCUT2D eigenvalue weighted by atomic mass is 32.2. The van der Waals surface area contributed by atoms with Crippen LogP contribution in [0.4, 0.5) is 0 Å². The number of methoxy groups -OCH3 is 1. The van der Waals surface area contributed by atoms with Crippen LogP contribution < -0.4 is 0 Å². The van der Waals surface area contributed by atoms with Gasteiger partial charge in [-0.05, 0) is 13.8 Å². The molecule has 0 aliphatic carbocycles. The first-order chi connectivity index (χ1) is 9.79. The SMILES string of the molecule is COC(=O)C(C)SC1=C(C(=O)O)N2C(=O)[C@H](C(C)O)[C@H]2S1. The summed E-state index contributed by atoms with van der Waals surface area (Å²) in [5.41, 5.74) is -0.118. The molecule has 1 saturated heterocycles. The van der Waals surface area contributed by atoms with E-state index in [-0.39, 0.29) is 5.70 Å². The van der Waals surface area contributed by atoms with E-state index in [1.807, 2.05) is 0 Å². The van der Waals surface area contributed by atoms with Crippen LogP contribution in [-0.2, 0) is 19.1 Å². The summed E-state index contributed by atoms with van der Waals surface area (Å²) >= 11 is 2.24. The van der Waals surface area contributed by atoms with Gasteiger partial charge in [-0.25, -0.2) is 4.79 Å². The number of carbonyl (C=O) groups excluding carboxylic acids is 2. The van der Waals surface area contributed by atoms with Gasteiger partial charge in [-0.15, -0.1) is 11.8 Å². The van der Waals surface area contributed by atoms with Crippen molar-refractivity contribution in [1.82, 2.24) is 4.90 Å². The van der Waals surface area contributed by atoms with Crippen molar-refractivity contribution in [3.05, 3.63) is 9.93 Å². The molecular weight excluding hydrogens is 318 g/mol. The second-order valence-corrected chi connectivity index (χ2v) is 7.44. The van der Waals surface area contributed by atoms with E-state index in [1.54, 1.807) is 6.92 Å². The number of hydrogen-bond donors (Lipinski definition) is 2. The summed E-state index contributed by atoms with van der Waals surface area (Å²) in [4.78, 5) is 36.0. The highest BCUT2D eigenvalue weighted by Gasteiger charge is 2.57. The second-order valence-electron chi connectivity index (χ2n) is 4.71. The van der Waals surface area contributed by atoms with Crippen molar-refractivity contribution in [1.29, 1.82) is 0 Å². The first kappa shape index (κ1) is 16.2. The molecule has 0 bridgehead atoms. The summed E-state index contributed by atoms with van der Waals surface area (Å²) in [5.74, 6) is -2.70. The maximum atomic E-state index is 12.0. The number of fused-ring (bicyclic) bond motifs is 1.